The molecule has 3 heterocycles. The fourth-order valence-corrected chi connectivity index (χ4v) is 4.13. The molecule has 132 valence electrons. The quantitative estimate of drug-likeness (QED) is 0.912. The van der Waals surface area contributed by atoms with Crippen molar-refractivity contribution >= 4 is 34.3 Å². The molecule has 2 aliphatic rings. The Balaban J connectivity index is 1.40. The molecule has 25 heavy (non-hydrogen) atoms. The van der Waals surface area contributed by atoms with Crippen molar-refractivity contribution in [2.24, 2.45) is 5.92 Å². The fourth-order valence-electron chi connectivity index (χ4n) is 3.96. The molecule has 6 heteroatoms. The van der Waals surface area contributed by atoms with E-state index in [2.05, 4.69) is 4.98 Å². The molecule has 2 aromatic rings. The van der Waals surface area contributed by atoms with Crippen molar-refractivity contribution in [3.63, 3.8) is 0 Å². The number of hydrogen-bond donors (Lipinski definition) is 1. The third-order valence-electron chi connectivity index (χ3n) is 5.36. The van der Waals surface area contributed by atoms with E-state index in [0.717, 1.165) is 48.8 Å². The molecule has 2 saturated heterocycles. The summed E-state index contributed by atoms with van der Waals surface area (Å²) < 4.78 is 0. The summed E-state index contributed by atoms with van der Waals surface area (Å²) in [5.41, 5.74) is 2.20. The molecule has 0 spiro atoms. The monoisotopic (exact) mass is 359 g/mol. The summed E-state index contributed by atoms with van der Waals surface area (Å²) in [7, 11) is 0. The number of aromatic nitrogens is 1. The Morgan fingerprint density at radius 3 is 2.88 bits per heavy atom. The highest BCUT2D eigenvalue weighted by atomic mass is 35.5. The van der Waals surface area contributed by atoms with E-state index >= 15 is 0 Å². The molecule has 4 rings (SSSR count). The van der Waals surface area contributed by atoms with Crippen molar-refractivity contribution in [2.75, 3.05) is 26.2 Å². The van der Waals surface area contributed by atoms with Crippen LogP contribution in [-0.2, 0) is 16.0 Å². The van der Waals surface area contributed by atoms with E-state index in [1.165, 1.54) is 0 Å². The maximum atomic E-state index is 12.5. The number of nitrogens with zero attached hydrogens (tertiary/aromatic N) is 2. The number of likely N-dealkylation sites (tertiary alicyclic amines) is 2. The van der Waals surface area contributed by atoms with Gasteiger partial charge in [0.25, 0.3) is 0 Å². The van der Waals surface area contributed by atoms with Gasteiger partial charge in [0.05, 0.1) is 5.92 Å². The summed E-state index contributed by atoms with van der Waals surface area (Å²) in [6.45, 7) is 2.89. The Morgan fingerprint density at radius 1 is 1.28 bits per heavy atom. The van der Waals surface area contributed by atoms with Crippen molar-refractivity contribution in [1.82, 2.24) is 14.8 Å². The van der Waals surface area contributed by atoms with E-state index < -0.39 is 0 Å². The molecule has 0 saturated carbocycles. The Kier molecular flexibility index (Phi) is 4.42. The Bertz CT molecular complexity index is 810. The minimum atomic E-state index is -0.164. The van der Waals surface area contributed by atoms with E-state index in [-0.39, 0.29) is 17.7 Å². The van der Waals surface area contributed by atoms with Crippen LogP contribution in [0.5, 0.6) is 0 Å². The number of halogens is 1. The first-order valence-corrected chi connectivity index (χ1v) is 9.31. The van der Waals surface area contributed by atoms with Gasteiger partial charge < -0.3 is 14.8 Å². The Morgan fingerprint density at radius 2 is 2.08 bits per heavy atom. The predicted octanol–water partition coefficient (Wildman–Crippen LogP) is 2.83. The molecular weight excluding hydrogens is 338 g/mol. The van der Waals surface area contributed by atoms with Crippen LogP contribution in [0, 0.1) is 5.92 Å². The number of fused-ring (bicyclic) bond motifs is 1. The highest BCUT2D eigenvalue weighted by molar-refractivity contribution is 6.31. The van der Waals surface area contributed by atoms with Crippen molar-refractivity contribution in [1.29, 1.82) is 0 Å². The summed E-state index contributed by atoms with van der Waals surface area (Å²) in [5, 5.41) is 1.81. The summed E-state index contributed by atoms with van der Waals surface area (Å²) in [6.07, 6.45) is 5.26. The van der Waals surface area contributed by atoms with Gasteiger partial charge in [-0.1, -0.05) is 11.6 Å². The Hall–Kier alpha value is -2.01. The lowest BCUT2D eigenvalue weighted by Crippen LogP contribution is -2.35. The highest BCUT2D eigenvalue weighted by Crippen LogP contribution is 2.25. The van der Waals surface area contributed by atoms with Crippen LogP contribution in [0.2, 0.25) is 5.02 Å². The normalized spacial score (nSPS) is 20.8. The first-order valence-electron chi connectivity index (χ1n) is 8.94. The number of aromatic amines is 1. The average Bonchev–Trinajstić information content (AvgIpc) is 3.32. The molecule has 1 atom stereocenters. The summed E-state index contributed by atoms with van der Waals surface area (Å²) in [5.74, 6) is 0.0886. The van der Waals surface area contributed by atoms with Crippen LogP contribution in [0.4, 0.5) is 0 Å². The van der Waals surface area contributed by atoms with E-state index in [9.17, 15) is 9.59 Å². The molecular formula is C19H22ClN3O2. The van der Waals surface area contributed by atoms with Crippen molar-refractivity contribution < 1.29 is 9.59 Å². The van der Waals surface area contributed by atoms with Gasteiger partial charge in [-0.05, 0) is 43.0 Å². The highest BCUT2D eigenvalue weighted by Gasteiger charge is 2.36. The zero-order valence-corrected chi connectivity index (χ0v) is 14.9. The molecule has 5 nitrogen and oxygen atoms in total. The van der Waals surface area contributed by atoms with Gasteiger partial charge in [0.2, 0.25) is 11.8 Å². The van der Waals surface area contributed by atoms with Crippen LogP contribution in [0.15, 0.2) is 24.4 Å². The fraction of sp³-hybridized carbons (Fsp3) is 0.474. The molecule has 2 fully saturated rings. The second-order valence-corrected chi connectivity index (χ2v) is 7.46. The second kappa shape index (κ2) is 6.71. The molecule has 2 amide bonds. The molecule has 1 aromatic heterocycles. The topological polar surface area (TPSA) is 56.4 Å². The lowest BCUT2D eigenvalue weighted by molar-refractivity contribution is -0.134. The standard InChI is InChI=1S/C19H22ClN3O2/c20-15-3-4-17-16(10-15)13(11-21-17)5-8-23-12-14(9-18(23)24)19(25)22-6-1-2-7-22/h3-4,10-11,14,21H,1-2,5-9,12H2. The lowest BCUT2D eigenvalue weighted by Gasteiger charge is -2.20. The van der Waals surface area contributed by atoms with Crippen molar-refractivity contribution in [3.8, 4) is 0 Å². The largest absolute Gasteiger partial charge is 0.361 e. The molecule has 1 unspecified atom stereocenters. The molecule has 2 aliphatic heterocycles. The summed E-state index contributed by atoms with van der Waals surface area (Å²) in [4.78, 5) is 31.8. The minimum absolute atomic E-state index is 0.0930. The predicted molar refractivity (Wildman–Crippen MR) is 97.5 cm³/mol. The van der Waals surface area contributed by atoms with Gasteiger partial charge >= 0.3 is 0 Å². The van der Waals surface area contributed by atoms with Crippen molar-refractivity contribution in [3.05, 3.63) is 35.0 Å². The van der Waals surface area contributed by atoms with Gasteiger partial charge in [-0.25, -0.2) is 0 Å². The van der Waals surface area contributed by atoms with E-state index in [0.29, 0.717) is 24.5 Å². The first kappa shape index (κ1) is 16.5. The second-order valence-electron chi connectivity index (χ2n) is 7.03. The van der Waals surface area contributed by atoms with Gasteiger partial charge in [0.1, 0.15) is 0 Å². The van der Waals surface area contributed by atoms with Gasteiger partial charge in [-0.15, -0.1) is 0 Å². The number of amides is 2. The van der Waals surface area contributed by atoms with Gasteiger partial charge in [-0.2, -0.15) is 0 Å². The van der Waals surface area contributed by atoms with Crippen LogP contribution in [0.1, 0.15) is 24.8 Å². The average molecular weight is 360 g/mol. The van der Waals surface area contributed by atoms with Gasteiger partial charge in [-0.3, -0.25) is 9.59 Å². The molecule has 1 N–H and O–H groups in total. The van der Waals surface area contributed by atoms with E-state index in [1.807, 2.05) is 34.2 Å². The number of carbonyl (C=O) groups excluding carboxylic acids is 2. The van der Waals surface area contributed by atoms with Crippen LogP contribution in [-0.4, -0.2) is 52.8 Å². The zero-order valence-electron chi connectivity index (χ0n) is 14.1. The smallest absolute Gasteiger partial charge is 0.227 e. The number of rotatable bonds is 4. The zero-order chi connectivity index (χ0) is 17.4. The van der Waals surface area contributed by atoms with Crippen molar-refractivity contribution in [2.45, 2.75) is 25.7 Å². The Labute approximate surface area is 151 Å². The van der Waals surface area contributed by atoms with Crippen LogP contribution < -0.4 is 0 Å². The third kappa shape index (κ3) is 3.25. The minimum Gasteiger partial charge on any atom is -0.361 e. The number of H-pyrrole nitrogens is 1. The summed E-state index contributed by atoms with van der Waals surface area (Å²) >= 11 is 6.09. The number of hydrogen-bond acceptors (Lipinski definition) is 2. The maximum absolute atomic E-state index is 12.5. The molecule has 0 bridgehead atoms. The van der Waals surface area contributed by atoms with Gasteiger partial charge in [0, 0.05) is 54.7 Å². The molecule has 1 aromatic carbocycles. The maximum Gasteiger partial charge on any atom is 0.227 e. The molecule has 0 aliphatic carbocycles. The SMILES string of the molecule is O=C1CC(C(=O)N2CCCC2)CN1CCc1c[nH]c2ccc(Cl)cc12. The number of benzene rings is 1. The van der Waals surface area contributed by atoms with Crippen LogP contribution in [0.25, 0.3) is 10.9 Å². The van der Waals surface area contributed by atoms with E-state index in [1.54, 1.807) is 0 Å². The third-order valence-corrected chi connectivity index (χ3v) is 5.60. The van der Waals surface area contributed by atoms with Crippen LogP contribution >= 0.6 is 11.6 Å². The van der Waals surface area contributed by atoms with E-state index in [4.69, 9.17) is 11.6 Å². The number of nitrogens with one attached hydrogen (secondary N) is 1. The molecule has 0 radical (unpaired) electrons. The van der Waals surface area contributed by atoms with Gasteiger partial charge in [0.15, 0.2) is 0 Å². The lowest BCUT2D eigenvalue weighted by atomic mass is 10.1. The number of carbonyl (C=O) groups is 2. The van der Waals surface area contributed by atoms with Crippen LogP contribution in [0.3, 0.4) is 0 Å². The summed E-state index contributed by atoms with van der Waals surface area (Å²) in [6, 6.07) is 5.78. The first-order chi connectivity index (χ1) is 12.1.